The lowest BCUT2D eigenvalue weighted by molar-refractivity contribution is -0.138. The fraction of sp³-hybridized carbons (Fsp3) is 0.500. The molecule has 0 spiro atoms. The fourth-order valence-electron chi connectivity index (χ4n) is 3.33. The van der Waals surface area contributed by atoms with Crippen molar-refractivity contribution < 1.29 is 14.7 Å². The number of aliphatic carboxylic acids is 1. The number of benzene rings is 1. The van der Waals surface area contributed by atoms with E-state index in [1.807, 2.05) is 29.2 Å². The van der Waals surface area contributed by atoms with E-state index in [9.17, 15) is 9.59 Å². The van der Waals surface area contributed by atoms with Gasteiger partial charge in [-0.3, -0.25) is 9.59 Å². The summed E-state index contributed by atoms with van der Waals surface area (Å²) in [5.74, 6) is -0.465. The van der Waals surface area contributed by atoms with Crippen molar-refractivity contribution in [2.75, 3.05) is 25.0 Å². The summed E-state index contributed by atoms with van der Waals surface area (Å²) in [6, 6.07) is 7.94. The first-order chi connectivity index (χ1) is 10.1. The molecule has 1 unspecified atom stereocenters. The summed E-state index contributed by atoms with van der Waals surface area (Å²) in [6.07, 6.45) is 1.80. The van der Waals surface area contributed by atoms with Gasteiger partial charge in [0.25, 0.3) is 0 Å². The van der Waals surface area contributed by atoms with E-state index < -0.39 is 5.97 Å². The van der Waals surface area contributed by atoms with Crippen LogP contribution in [0.2, 0.25) is 0 Å². The summed E-state index contributed by atoms with van der Waals surface area (Å²) in [5.41, 5.74) is 2.13. The van der Waals surface area contributed by atoms with Crippen LogP contribution in [0.3, 0.4) is 0 Å². The number of hydrogen-bond donors (Lipinski definition) is 2. The molecule has 2 heterocycles. The molecule has 0 bridgehead atoms. The molecule has 5 nitrogen and oxygen atoms in total. The maximum Gasteiger partial charge on any atom is 0.303 e. The Morgan fingerprint density at radius 3 is 2.67 bits per heavy atom. The summed E-state index contributed by atoms with van der Waals surface area (Å²) in [7, 11) is 0. The van der Waals surface area contributed by atoms with E-state index in [-0.39, 0.29) is 24.2 Å². The molecule has 1 saturated heterocycles. The number of anilines is 1. The zero-order chi connectivity index (χ0) is 14.8. The standard InChI is InChI=1S/C16H20N2O3/c19-15(20)9-11-5-7-18(8-6-11)16(21)13-10-17-14-4-2-1-3-12(13)14/h1-4,11,13,17H,5-10H2,(H,19,20). The summed E-state index contributed by atoms with van der Waals surface area (Å²) < 4.78 is 0. The Labute approximate surface area is 123 Å². The average Bonchev–Trinajstić information content (AvgIpc) is 2.90. The third-order valence-corrected chi connectivity index (χ3v) is 4.52. The molecule has 0 radical (unpaired) electrons. The summed E-state index contributed by atoms with van der Waals surface area (Å²) >= 11 is 0. The minimum absolute atomic E-state index is 0.0998. The number of piperidine rings is 1. The number of nitrogens with zero attached hydrogens (tertiary/aromatic N) is 1. The minimum atomic E-state index is -0.742. The van der Waals surface area contributed by atoms with Crippen molar-refractivity contribution in [3.8, 4) is 0 Å². The number of rotatable bonds is 3. The maximum absolute atomic E-state index is 12.7. The molecule has 1 amide bonds. The molecule has 112 valence electrons. The normalized spacial score (nSPS) is 21.7. The van der Waals surface area contributed by atoms with E-state index in [0.29, 0.717) is 19.6 Å². The predicted octanol–water partition coefficient (Wildman–Crippen LogP) is 1.91. The molecule has 1 aromatic rings. The average molecular weight is 288 g/mol. The highest BCUT2D eigenvalue weighted by Gasteiger charge is 2.33. The Bertz CT molecular complexity index is 550. The van der Waals surface area contributed by atoms with Gasteiger partial charge in [0.15, 0.2) is 0 Å². The van der Waals surface area contributed by atoms with Crippen LogP contribution >= 0.6 is 0 Å². The number of para-hydroxylation sites is 1. The van der Waals surface area contributed by atoms with Gasteiger partial charge in [0.05, 0.1) is 5.92 Å². The number of hydrogen-bond acceptors (Lipinski definition) is 3. The summed E-state index contributed by atoms with van der Waals surface area (Å²) in [6.45, 7) is 2.01. The van der Waals surface area contributed by atoms with Crippen molar-refractivity contribution in [1.29, 1.82) is 0 Å². The monoisotopic (exact) mass is 288 g/mol. The molecule has 21 heavy (non-hydrogen) atoms. The molecule has 1 atom stereocenters. The second-order valence-electron chi connectivity index (χ2n) is 5.89. The van der Waals surface area contributed by atoms with Gasteiger partial charge in [-0.2, -0.15) is 0 Å². The highest BCUT2D eigenvalue weighted by Crippen LogP contribution is 2.33. The number of carbonyl (C=O) groups is 2. The largest absolute Gasteiger partial charge is 0.481 e. The van der Waals surface area contributed by atoms with Gasteiger partial charge in [-0.1, -0.05) is 18.2 Å². The van der Waals surface area contributed by atoms with Gasteiger partial charge in [0, 0.05) is 31.7 Å². The Kier molecular flexibility index (Phi) is 3.82. The molecule has 3 rings (SSSR count). The van der Waals surface area contributed by atoms with Gasteiger partial charge in [-0.05, 0) is 30.4 Å². The molecule has 1 aromatic carbocycles. The first-order valence-corrected chi connectivity index (χ1v) is 7.48. The molecule has 5 heteroatoms. The van der Waals surface area contributed by atoms with Crippen molar-refractivity contribution in [3.63, 3.8) is 0 Å². The number of fused-ring (bicyclic) bond motifs is 1. The lowest BCUT2D eigenvalue weighted by atomic mass is 9.92. The van der Waals surface area contributed by atoms with Crippen molar-refractivity contribution in [2.45, 2.75) is 25.2 Å². The highest BCUT2D eigenvalue weighted by atomic mass is 16.4. The summed E-state index contributed by atoms with van der Waals surface area (Å²) in [4.78, 5) is 25.3. The Hall–Kier alpha value is -2.04. The molecule has 2 aliphatic heterocycles. The smallest absolute Gasteiger partial charge is 0.303 e. The predicted molar refractivity (Wildman–Crippen MR) is 79.2 cm³/mol. The van der Waals surface area contributed by atoms with Crippen LogP contribution in [0.15, 0.2) is 24.3 Å². The number of nitrogens with one attached hydrogen (secondary N) is 1. The van der Waals surface area contributed by atoms with Crippen molar-refractivity contribution in [3.05, 3.63) is 29.8 Å². The first kappa shape index (κ1) is 13.9. The van der Waals surface area contributed by atoms with Gasteiger partial charge in [-0.25, -0.2) is 0 Å². The second-order valence-corrected chi connectivity index (χ2v) is 5.89. The van der Waals surface area contributed by atoms with E-state index in [1.54, 1.807) is 0 Å². The van der Waals surface area contributed by atoms with Gasteiger partial charge >= 0.3 is 5.97 Å². The number of amides is 1. The van der Waals surface area contributed by atoms with E-state index in [2.05, 4.69) is 5.32 Å². The van der Waals surface area contributed by atoms with Crippen LogP contribution in [0.4, 0.5) is 5.69 Å². The zero-order valence-corrected chi connectivity index (χ0v) is 11.9. The van der Waals surface area contributed by atoms with Crippen LogP contribution in [0, 0.1) is 5.92 Å². The fourth-order valence-corrected chi connectivity index (χ4v) is 3.33. The Morgan fingerprint density at radius 2 is 1.95 bits per heavy atom. The SMILES string of the molecule is O=C(O)CC1CCN(C(=O)C2CNc3ccccc32)CC1. The van der Waals surface area contributed by atoms with Crippen LogP contribution in [0.25, 0.3) is 0 Å². The van der Waals surface area contributed by atoms with Gasteiger partial charge in [0.1, 0.15) is 0 Å². The molecular formula is C16H20N2O3. The van der Waals surface area contributed by atoms with E-state index in [0.717, 1.165) is 24.1 Å². The molecule has 0 aliphatic carbocycles. The molecule has 0 aromatic heterocycles. The van der Waals surface area contributed by atoms with Crippen LogP contribution in [0.1, 0.15) is 30.7 Å². The number of likely N-dealkylation sites (tertiary alicyclic amines) is 1. The molecule has 2 N–H and O–H groups in total. The third-order valence-electron chi connectivity index (χ3n) is 4.52. The van der Waals surface area contributed by atoms with E-state index in [1.165, 1.54) is 0 Å². The Balaban J connectivity index is 1.62. The van der Waals surface area contributed by atoms with Crippen LogP contribution in [-0.2, 0) is 9.59 Å². The molecular weight excluding hydrogens is 268 g/mol. The first-order valence-electron chi connectivity index (χ1n) is 7.48. The summed E-state index contributed by atoms with van der Waals surface area (Å²) in [5, 5.41) is 12.1. The van der Waals surface area contributed by atoms with Crippen LogP contribution < -0.4 is 5.32 Å². The van der Waals surface area contributed by atoms with Gasteiger partial charge in [0.2, 0.25) is 5.91 Å². The van der Waals surface area contributed by atoms with Gasteiger partial charge in [-0.15, -0.1) is 0 Å². The number of carboxylic acid groups (broad SMARTS) is 1. The van der Waals surface area contributed by atoms with Crippen LogP contribution in [0.5, 0.6) is 0 Å². The quantitative estimate of drug-likeness (QED) is 0.891. The van der Waals surface area contributed by atoms with Crippen molar-refractivity contribution in [2.24, 2.45) is 5.92 Å². The lowest BCUT2D eigenvalue weighted by Gasteiger charge is -2.33. The lowest BCUT2D eigenvalue weighted by Crippen LogP contribution is -2.41. The zero-order valence-electron chi connectivity index (χ0n) is 11.9. The maximum atomic E-state index is 12.7. The molecule has 0 saturated carbocycles. The highest BCUT2D eigenvalue weighted by molar-refractivity contribution is 5.88. The second kappa shape index (κ2) is 5.76. The van der Waals surface area contributed by atoms with Crippen LogP contribution in [-0.4, -0.2) is 41.5 Å². The Morgan fingerprint density at radius 1 is 1.24 bits per heavy atom. The van der Waals surface area contributed by atoms with E-state index in [4.69, 9.17) is 5.11 Å². The van der Waals surface area contributed by atoms with Gasteiger partial charge < -0.3 is 15.3 Å². The van der Waals surface area contributed by atoms with Crippen molar-refractivity contribution >= 4 is 17.6 Å². The third kappa shape index (κ3) is 2.86. The van der Waals surface area contributed by atoms with Crippen molar-refractivity contribution in [1.82, 2.24) is 4.90 Å². The minimum Gasteiger partial charge on any atom is -0.481 e. The number of carbonyl (C=O) groups excluding carboxylic acids is 1. The number of carboxylic acids is 1. The molecule has 2 aliphatic rings. The van der Waals surface area contributed by atoms with E-state index >= 15 is 0 Å². The molecule has 1 fully saturated rings. The topological polar surface area (TPSA) is 69.6 Å².